The highest BCUT2D eigenvalue weighted by Gasteiger charge is 2.52. The molecule has 4 heterocycles. The van der Waals surface area contributed by atoms with Crippen molar-refractivity contribution in [1.29, 1.82) is 0 Å². The first-order chi connectivity index (χ1) is 33.7. The molecule has 17 N–H and O–H groups in total. The number of carbonyl (C=O) groups is 4. The van der Waals surface area contributed by atoms with Crippen LogP contribution in [0.25, 0.3) is 0 Å². The lowest BCUT2D eigenvalue weighted by molar-refractivity contribution is -0.366. The van der Waals surface area contributed by atoms with E-state index in [1.54, 1.807) is 0 Å². The van der Waals surface area contributed by atoms with Gasteiger partial charge in [-0.3, -0.25) is 24.1 Å². The lowest BCUT2D eigenvalue weighted by Crippen LogP contribution is -2.65. The Balaban J connectivity index is 1.36. The van der Waals surface area contributed by atoms with Gasteiger partial charge in [0.15, 0.2) is 25.2 Å². The van der Waals surface area contributed by atoms with Gasteiger partial charge in [0.2, 0.25) is 23.6 Å². The van der Waals surface area contributed by atoms with Crippen molar-refractivity contribution >= 4 is 23.6 Å². The van der Waals surface area contributed by atoms with Gasteiger partial charge in [0.25, 0.3) is 0 Å². The Labute approximate surface area is 407 Å². The number of hydrogen-bond acceptors (Lipinski definition) is 26. The van der Waals surface area contributed by atoms with E-state index in [1.165, 1.54) is 18.9 Å². The average molecular weight is 1040 g/mol. The third kappa shape index (κ3) is 17.6. The monoisotopic (exact) mass is 1040 g/mol. The number of aliphatic hydroxyl groups is 13. The second-order valence-electron chi connectivity index (χ2n) is 17.5. The van der Waals surface area contributed by atoms with Gasteiger partial charge < -0.3 is 126 Å². The summed E-state index contributed by atoms with van der Waals surface area (Å²) in [7, 11) is 1.53. The normalized spacial score (nSPS) is 37.6. The molecule has 0 unspecified atom stereocenters. The fourth-order valence-electron chi connectivity index (χ4n) is 7.83. The highest BCUT2D eigenvalue weighted by Crippen LogP contribution is 2.31. The molecule has 4 aliphatic heterocycles. The first kappa shape index (κ1) is 60.6. The third-order valence-corrected chi connectivity index (χ3v) is 12.1. The lowest BCUT2D eigenvalue weighted by Gasteiger charge is -2.46. The summed E-state index contributed by atoms with van der Waals surface area (Å²) in [4.78, 5) is 51.8. The van der Waals surface area contributed by atoms with Crippen LogP contribution in [-0.4, -0.2) is 297 Å². The Morgan fingerprint density at radius 2 is 0.930 bits per heavy atom. The summed E-state index contributed by atoms with van der Waals surface area (Å²) < 4.78 is 44.2. The van der Waals surface area contributed by atoms with Gasteiger partial charge in [-0.25, -0.2) is 0 Å². The molecule has 0 aromatic heterocycles. The van der Waals surface area contributed by atoms with Gasteiger partial charge in [0.05, 0.1) is 58.8 Å². The topological polar surface area (TPSA) is 456 Å². The maximum atomic E-state index is 13.2. The number of amides is 4. The summed E-state index contributed by atoms with van der Waals surface area (Å²) >= 11 is 0. The molecule has 71 heavy (non-hydrogen) atoms. The minimum absolute atomic E-state index is 0.118. The van der Waals surface area contributed by atoms with E-state index in [-0.39, 0.29) is 32.1 Å². The summed E-state index contributed by atoms with van der Waals surface area (Å²) in [6.07, 6.45) is -30.9. The molecule has 0 saturated carbocycles. The smallest absolute Gasteiger partial charge is 0.234 e. The molecule has 0 aliphatic carbocycles. The quantitative estimate of drug-likeness (QED) is 0.0340. The zero-order valence-electron chi connectivity index (χ0n) is 39.3. The van der Waals surface area contributed by atoms with Crippen molar-refractivity contribution in [2.45, 2.75) is 155 Å². The molecule has 30 heteroatoms. The zero-order valence-corrected chi connectivity index (χ0v) is 39.3. The van der Waals surface area contributed by atoms with Crippen molar-refractivity contribution in [1.82, 2.24) is 26.2 Å². The van der Waals surface area contributed by atoms with E-state index in [2.05, 4.69) is 21.3 Å². The van der Waals surface area contributed by atoms with Gasteiger partial charge in [-0.15, -0.1) is 0 Å². The zero-order chi connectivity index (χ0) is 52.5. The summed E-state index contributed by atoms with van der Waals surface area (Å²) in [5, 5.41) is 144. The number of unbranched alkanes of at least 4 members (excludes halogenated alkanes) is 2. The molecule has 0 aromatic carbocycles. The van der Waals surface area contributed by atoms with Crippen LogP contribution in [-0.2, 0) is 57.1 Å². The first-order valence-corrected chi connectivity index (χ1v) is 23.3. The summed E-state index contributed by atoms with van der Waals surface area (Å²) in [6, 6.07) is 0. The number of aliphatic hydroxyl groups excluding tert-OH is 13. The van der Waals surface area contributed by atoms with Gasteiger partial charge in [-0.2, -0.15) is 0 Å². The minimum atomic E-state index is -1.97. The Kier molecular flexibility index (Phi) is 25.4. The van der Waals surface area contributed by atoms with E-state index in [1.807, 2.05) is 0 Å². The minimum Gasteiger partial charge on any atom is -0.394 e. The van der Waals surface area contributed by atoms with Crippen LogP contribution in [0.3, 0.4) is 0 Å². The van der Waals surface area contributed by atoms with E-state index in [9.17, 15) is 85.6 Å². The highest BCUT2D eigenvalue weighted by molar-refractivity contribution is 5.84. The molecule has 4 aliphatic rings. The maximum Gasteiger partial charge on any atom is 0.234 e. The molecule has 0 bridgehead atoms. The molecule has 412 valence electrons. The SMILES string of the molecule is CNC(=O)CCCCCNC(=O)CN(CC(=O)NCCO[C@@H]1O[C@@H](C)[C@@H](O)[C@@H](O)[C@@H]1O)CC(=O)NCCO[C@H]1O[C@H](CO[C@H]2O[C@H](CO)[C@@H](O)[C@H](O)[C@@H]2O)[C@@H](O)[C@H](O[C@H]2O[C@H](CO)[C@@H](O)[C@H](O)[C@@H]2O)[C@@H]1O. The van der Waals surface area contributed by atoms with Crippen LogP contribution in [0.1, 0.15) is 32.6 Å². The van der Waals surface area contributed by atoms with Crippen molar-refractivity contribution in [2.75, 3.05) is 79.4 Å². The molecule has 4 amide bonds. The van der Waals surface area contributed by atoms with Gasteiger partial charge in [0, 0.05) is 33.1 Å². The molecular formula is C41H73N5O25. The van der Waals surface area contributed by atoms with Crippen molar-refractivity contribution in [2.24, 2.45) is 0 Å². The van der Waals surface area contributed by atoms with Gasteiger partial charge in [-0.1, -0.05) is 6.42 Å². The second-order valence-corrected chi connectivity index (χ2v) is 17.5. The molecule has 30 nitrogen and oxygen atoms in total. The molecular weight excluding hydrogens is 962 g/mol. The number of carbonyl (C=O) groups excluding carboxylic acids is 4. The standard InChI is InChI=1S/C41H73N5O25/c1-18-26(53)30(57)33(60)38(67-18)64-10-8-44-24(51)13-46(12-23(50)43-7-5-3-4-6-22(49)42-2)14-25(52)45-9-11-65-40-36(63)37(71-41-35(62)32(59)28(55)20(16-48)69-41)29(56)21(70-40)17-66-39-34(61)31(58)27(54)19(15-47)68-39/h18-21,26-41,47-48,53-63H,3-17H2,1-2H3,(H,42,49)(H,43,50)(H,44,51)(H,45,52)/t18-,19+,20+,21+,26+,27+,28+,29+,30+,31-,32-,33-,34-,35-,36-,37-,38+,39-,40-,41+/m0/s1. The van der Waals surface area contributed by atoms with Gasteiger partial charge >= 0.3 is 0 Å². The largest absolute Gasteiger partial charge is 0.394 e. The second kappa shape index (κ2) is 29.8. The predicted octanol–water partition coefficient (Wildman–Crippen LogP) is -10.7. The van der Waals surface area contributed by atoms with E-state index in [0.29, 0.717) is 25.7 Å². The van der Waals surface area contributed by atoms with Gasteiger partial charge in [0.1, 0.15) is 91.6 Å². The lowest BCUT2D eigenvalue weighted by atomic mass is 9.96. The molecule has 4 saturated heterocycles. The number of hydrogen-bond donors (Lipinski definition) is 17. The number of nitrogens with one attached hydrogen (secondary N) is 4. The van der Waals surface area contributed by atoms with E-state index in [4.69, 9.17) is 37.9 Å². The molecule has 0 aromatic rings. The Morgan fingerprint density at radius 3 is 1.45 bits per heavy atom. The van der Waals surface area contributed by atoms with Crippen LogP contribution in [0.2, 0.25) is 0 Å². The molecule has 4 fully saturated rings. The summed E-state index contributed by atoms with van der Waals surface area (Å²) in [6.45, 7) is -3.06. The fourth-order valence-corrected chi connectivity index (χ4v) is 7.83. The van der Waals surface area contributed by atoms with E-state index in [0.717, 1.165) is 0 Å². The predicted molar refractivity (Wildman–Crippen MR) is 231 cm³/mol. The van der Waals surface area contributed by atoms with E-state index < -0.39 is 187 Å². The van der Waals surface area contributed by atoms with Crippen LogP contribution in [0.15, 0.2) is 0 Å². The summed E-state index contributed by atoms with van der Waals surface area (Å²) in [5.74, 6) is -2.00. The van der Waals surface area contributed by atoms with Crippen LogP contribution in [0.5, 0.6) is 0 Å². The van der Waals surface area contributed by atoms with Crippen LogP contribution in [0.4, 0.5) is 0 Å². The Bertz CT molecular complexity index is 1630. The van der Waals surface area contributed by atoms with Crippen molar-refractivity contribution < 1.29 is 123 Å². The highest BCUT2D eigenvalue weighted by atomic mass is 16.8. The number of ether oxygens (including phenoxy) is 8. The van der Waals surface area contributed by atoms with Crippen molar-refractivity contribution in [3.8, 4) is 0 Å². The molecule has 20 atom stereocenters. The van der Waals surface area contributed by atoms with Gasteiger partial charge in [-0.05, 0) is 19.8 Å². The van der Waals surface area contributed by atoms with Crippen molar-refractivity contribution in [3.63, 3.8) is 0 Å². The average Bonchev–Trinajstić information content (AvgIpc) is 3.34. The summed E-state index contributed by atoms with van der Waals surface area (Å²) in [5.41, 5.74) is 0. The first-order valence-electron chi connectivity index (χ1n) is 23.3. The Morgan fingerprint density at radius 1 is 0.479 bits per heavy atom. The van der Waals surface area contributed by atoms with Crippen LogP contribution < -0.4 is 21.3 Å². The molecule has 0 spiro atoms. The fraction of sp³-hybridized carbons (Fsp3) is 0.902. The number of rotatable bonds is 27. The molecule has 0 radical (unpaired) electrons. The Hall–Kier alpha value is -3.00. The third-order valence-electron chi connectivity index (χ3n) is 12.1. The number of nitrogens with zero attached hydrogens (tertiary/aromatic N) is 1. The van der Waals surface area contributed by atoms with Crippen LogP contribution >= 0.6 is 0 Å². The van der Waals surface area contributed by atoms with Crippen molar-refractivity contribution in [3.05, 3.63) is 0 Å². The maximum absolute atomic E-state index is 13.2. The van der Waals surface area contributed by atoms with E-state index >= 15 is 0 Å². The molecule has 4 rings (SSSR count). The van der Waals surface area contributed by atoms with Crippen LogP contribution in [0, 0.1) is 0 Å².